The molecule has 1 aliphatic heterocycles. The molecule has 10 atom stereocenters. The van der Waals surface area contributed by atoms with E-state index in [1.165, 1.54) is 20.8 Å². The average molecular weight is 1010 g/mol. The first-order valence-corrected chi connectivity index (χ1v) is 22.4. The summed E-state index contributed by atoms with van der Waals surface area (Å²) in [6, 6.07) is -5.44. The van der Waals surface area contributed by atoms with Gasteiger partial charge in [-0.25, -0.2) is 4.79 Å². The summed E-state index contributed by atoms with van der Waals surface area (Å²) in [6.45, 7) is 2.72. The quantitative estimate of drug-likeness (QED) is 0.0355. The molecule has 1 saturated heterocycles. The van der Waals surface area contributed by atoms with Crippen LogP contribution < -0.4 is 54.0 Å². The Morgan fingerprint density at radius 2 is 1.24 bits per heavy atom. The molecule has 394 valence electrons. The molecule has 1 aromatic carbocycles. The summed E-state index contributed by atoms with van der Waals surface area (Å²) in [5.74, 6) is -13.3. The number of amides is 10. The third kappa shape index (κ3) is 19.6. The van der Waals surface area contributed by atoms with Crippen LogP contribution >= 0.6 is 0 Å². The number of aliphatic hydroxyl groups is 3. The molecule has 71 heavy (non-hydrogen) atoms. The Bertz CT molecular complexity index is 2090. The van der Waals surface area contributed by atoms with Crippen molar-refractivity contribution < 1.29 is 83.1 Å². The summed E-state index contributed by atoms with van der Waals surface area (Å²) in [5, 5.41) is 67.2. The Kier molecular flexibility index (Phi) is 24.4. The Hall–Kier alpha value is -7.30. The number of carbonyl (C=O) groups excluding carboxylic acids is 10. The number of benzene rings is 1. The largest absolute Gasteiger partial charge is 0.481 e. The molecule has 1 heterocycles. The van der Waals surface area contributed by atoms with Gasteiger partial charge in [-0.05, 0) is 44.6 Å². The number of carboxylic acid groups (broad SMARTS) is 2. The highest BCUT2D eigenvalue weighted by molar-refractivity contribution is 5.98. The van der Waals surface area contributed by atoms with Gasteiger partial charge in [-0.2, -0.15) is 0 Å². The lowest BCUT2D eigenvalue weighted by atomic mass is 10.0. The van der Waals surface area contributed by atoms with Crippen molar-refractivity contribution >= 4 is 71.0 Å². The topological polar surface area (TPSA) is 458 Å². The monoisotopic (exact) mass is 1010 g/mol. The van der Waals surface area contributed by atoms with Crippen LogP contribution in [0, 0.1) is 5.92 Å². The highest BCUT2D eigenvalue weighted by Crippen LogP contribution is 2.19. The molecular weight excluding hydrogens is 943 g/mol. The second-order valence-corrected chi connectivity index (χ2v) is 17.0. The minimum atomic E-state index is -1.78. The first-order chi connectivity index (χ1) is 33.3. The molecule has 1 aliphatic rings. The lowest BCUT2D eigenvalue weighted by Crippen LogP contribution is -2.63. The number of carboxylic acids is 2. The van der Waals surface area contributed by atoms with Gasteiger partial charge in [0.2, 0.25) is 59.1 Å². The van der Waals surface area contributed by atoms with Crippen molar-refractivity contribution in [1.29, 1.82) is 0 Å². The van der Waals surface area contributed by atoms with Gasteiger partial charge in [-0.15, -0.1) is 0 Å². The number of nitrogens with one attached hydrogen (secondary N) is 8. The number of primary amides is 1. The average Bonchev–Trinajstić information content (AvgIpc) is 3.81. The molecule has 28 heteroatoms. The fourth-order valence-corrected chi connectivity index (χ4v) is 6.94. The van der Waals surface area contributed by atoms with Gasteiger partial charge >= 0.3 is 11.9 Å². The van der Waals surface area contributed by atoms with Crippen LogP contribution in [0.2, 0.25) is 0 Å². The summed E-state index contributed by atoms with van der Waals surface area (Å²) in [6.07, 6.45) is -2.77. The molecule has 0 spiro atoms. The van der Waals surface area contributed by atoms with Crippen molar-refractivity contribution in [3.8, 4) is 0 Å². The van der Waals surface area contributed by atoms with Crippen molar-refractivity contribution in [2.24, 2.45) is 17.4 Å². The zero-order valence-electron chi connectivity index (χ0n) is 39.5. The van der Waals surface area contributed by atoms with E-state index in [4.69, 9.17) is 21.7 Å². The van der Waals surface area contributed by atoms with E-state index >= 15 is 0 Å². The van der Waals surface area contributed by atoms with Gasteiger partial charge in [0, 0.05) is 19.4 Å². The minimum absolute atomic E-state index is 0.0124. The standard InChI is InChI=1S/C43H65N11O17/c1-20(2)33(40(67)51-28(19-56)42(69)54-14-8-11-29(54)39(66)46-17-31(59)47-21(3)35(62)49-26(43(70)71)16-32(60)61)52-41(68)34(22(4)57)53-37(64)25(15-23-9-6-5-7-10-23)48-38(65)27(18-55)50-36(63)24(44)12-13-30(45)58/h5-7,9-10,20-22,24-29,33-34,55-57H,8,11-19,44H2,1-4H3,(H2,45,58)(H,46,66)(H,47,59)(H,48,65)(H,49,62)(H,50,63)(H,51,67)(H,52,68)(H,53,64)(H,60,61)(H,70,71)/t21-,22+,24-,25-,26-,27-,28-,29-,33-,34-/m0/s1. The maximum absolute atomic E-state index is 13.9. The predicted molar refractivity (Wildman–Crippen MR) is 244 cm³/mol. The number of rotatable bonds is 29. The molecule has 0 unspecified atom stereocenters. The van der Waals surface area contributed by atoms with E-state index in [2.05, 4.69) is 37.2 Å². The zero-order valence-corrected chi connectivity index (χ0v) is 39.5. The number of aliphatic carboxylic acids is 2. The summed E-state index contributed by atoms with van der Waals surface area (Å²) < 4.78 is 0. The number of hydrogen-bond donors (Lipinski definition) is 15. The molecule has 1 fully saturated rings. The Morgan fingerprint density at radius 1 is 0.690 bits per heavy atom. The normalized spacial score (nSPS) is 17.0. The van der Waals surface area contributed by atoms with E-state index in [1.54, 1.807) is 30.3 Å². The van der Waals surface area contributed by atoms with Crippen molar-refractivity contribution in [2.75, 3.05) is 26.3 Å². The Balaban J connectivity index is 2.16. The minimum Gasteiger partial charge on any atom is -0.481 e. The van der Waals surface area contributed by atoms with Crippen LogP contribution in [0.25, 0.3) is 0 Å². The Labute approximate surface area is 407 Å². The van der Waals surface area contributed by atoms with Crippen molar-refractivity contribution in [2.45, 2.75) is 127 Å². The molecule has 10 amide bonds. The highest BCUT2D eigenvalue weighted by Gasteiger charge is 2.40. The molecular formula is C43H65N11O17. The second-order valence-electron chi connectivity index (χ2n) is 17.0. The third-order valence-corrected chi connectivity index (χ3v) is 10.9. The van der Waals surface area contributed by atoms with Crippen molar-refractivity contribution in [3.63, 3.8) is 0 Å². The van der Waals surface area contributed by atoms with Crippen LogP contribution in [0.5, 0.6) is 0 Å². The predicted octanol–water partition coefficient (Wildman–Crippen LogP) is -7.08. The third-order valence-electron chi connectivity index (χ3n) is 10.9. The SMILES string of the molecule is CC(C)[C@H](NC(=O)[C@@H](NC(=O)[C@H](Cc1ccccc1)NC(=O)[C@H](CO)NC(=O)[C@@H](N)CCC(N)=O)[C@@H](C)O)C(=O)N[C@@H](CO)C(=O)N1CCC[C@H]1C(=O)NCC(=O)N[C@@H](C)C(=O)N[C@@H](CC(=O)O)C(=O)O. The van der Waals surface area contributed by atoms with Crippen LogP contribution in [-0.4, -0.2) is 188 Å². The van der Waals surface area contributed by atoms with E-state index in [-0.39, 0.29) is 32.2 Å². The molecule has 17 N–H and O–H groups in total. The summed E-state index contributed by atoms with van der Waals surface area (Å²) in [4.78, 5) is 153. The van der Waals surface area contributed by atoms with E-state index < -0.39 is 164 Å². The molecule has 2 rings (SSSR count). The zero-order chi connectivity index (χ0) is 53.7. The molecule has 0 aliphatic carbocycles. The number of aliphatic hydroxyl groups excluding tert-OH is 3. The number of carbonyl (C=O) groups is 12. The smallest absolute Gasteiger partial charge is 0.326 e. The maximum Gasteiger partial charge on any atom is 0.326 e. The summed E-state index contributed by atoms with van der Waals surface area (Å²) in [7, 11) is 0. The maximum atomic E-state index is 13.9. The van der Waals surface area contributed by atoms with E-state index in [9.17, 15) is 72.9 Å². The van der Waals surface area contributed by atoms with Gasteiger partial charge in [-0.1, -0.05) is 44.2 Å². The fourth-order valence-electron chi connectivity index (χ4n) is 6.94. The molecule has 1 aromatic rings. The van der Waals surface area contributed by atoms with E-state index in [1.807, 2.05) is 5.32 Å². The number of hydrogen-bond acceptors (Lipinski definition) is 16. The fraction of sp³-hybridized carbons (Fsp3) is 0.581. The molecule has 0 bridgehead atoms. The van der Waals surface area contributed by atoms with E-state index in [0.717, 1.165) is 11.8 Å². The first kappa shape index (κ1) is 59.8. The Morgan fingerprint density at radius 3 is 1.79 bits per heavy atom. The second kappa shape index (κ2) is 29.0. The molecule has 0 saturated carbocycles. The number of nitrogens with two attached hydrogens (primary N) is 2. The molecule has 0 aromatic heterocycles. The summed E-state index contributed by atoms with van der Waals surface area (Å²) >= 11 is 0. The molecule has 28 nitrogen and oxygen atoms in total. The van der Waals surface area contributed by atoms with Gasteiger partial charge in [-0.3, -0.25) is 52.7 Å². The van der Waals surface area contributed by atoms with Gasteiger partial charge in [0.05, 0.1) is 38.3 Å². The van der Waals surface area contributed by atoms with Gasteiger partial charge in [0.15, 0.2) is 0 Å². The lowest BCUT2D eigenvalue weighted by molar-refractivity contribution is -0.147. The highest BCUT2D eigenvalue weighted by atomic mass is 16.4. The first-order valence-electron chi connectivity index (χ1n) is 22.4. The number of likely N-dealkylation sites (tertiary alicyclic amines) is 1. The lowest BCUT2D eigenvalue weighted by Gasteiger charge is -2.31. The van der Waals surface area contributed by atoms with Gasteiger partial charge in [0.25, 0.3) is 0 Å². The van der Waals surface area contributed by atoms with Crippen LogP contribution in [0.15, 0.2) is 30.3 Å². The van der Waals surface area contributed by atoms with Crippen LogP contribution in [0.3, 0.4) is 0 Å². The summed E-state index contributed by atoms with van der Waals surface area (Å²) in [5.41, 5.74) is 11.4. The van der Waals surface area contributed by atoms with Crippen molar-refractivity contribution in [3.05, 3.63) is 35.9 Å². The van der Waals surface area contributed by atoms with E-state index in [0.29, 0.717) is 12.0 Å². The molecule has 0 radical (unpaired) electrons. The van der Waals surface area contributed by atoms with Gasteiger partial charge in [0.1, 0.15) is 48.3 Å². The number of nitrogens with zero attached hydrogens (tertiary/aromatic N) is 1. The van der Waals surface area contributed by atoms with Gasteiger partial charge < -0.3 is 84.4 Å². The van der Waals surface area contributed by atoms with Crippen LogP contribution in [0.1, 0.15) is 65.4 Å². The van der Waals surface area contributed by atoms with Crippen LogP contribution in [0.4, 0.5) is 0 Å². The van der Waals surface area contributed by atoms with Crippen LogP contribution in [-0.2, 0) is 64.0 Å². The van der Waals surface area contributed by atoms with Crippen molar-refractivity contribution in [1.82, 2.24) is 47.4 Å².